The van der Waals surface area contributed by atoms with E-state index in [0.29, 0.717) is 0 Å². The molecule has 10 aromatic rings. The molecule has 0 aliphatic carbocycles. The highest BCUT2D eigenvalue weighted by molar-refractivity contribution is 6.10. The summed E-state index contributed by atoms with van der Waals surface area (Å²) in [5.74, 6) is 0. The third kappa shape index (κ3) is 5.62. The van der Waals surface area contributed by atoms with E-state index in [0.717, 1.165) is 44.6 Å². The number of hydrogen-bond donors (Lipinski definition) is 0. The van der Waals surface area contributed by atoms with Gasteiger partial charge in [0.2, 0.25) is 0 Å². The predicted octanol–water partition coefficient (Wildman–Crippen LogP) is 14.9. The maximum absolute atomic E-state index is 6.58. The molecule has 2 heteroatoms. The Balaban J connectivity index is 1.06. The third-order valence-corrected chi connectivity index (χ3v) is 10.5. The van der Waals surface area contributed by atoms with Gasteiger partial charge in [-0.25, -0.2) is 0 Å². The fourth-order valence-electron chi connectivity index (χ4n) is 7.88. The molecule has 0 atom stereocenters. The van der Waals surface area contributed by atoms with Crippen LogP contribution >= 0.6 is 0 Å². The quantitative estimate of drug-likeness (QED) is 0.166. The van der Waals surface area contributed by atoms with Crippen LogP contribution in [0.15, 0.2) is 217 Å². The summed E-state index contributed by atoms with van der Waals surface area (Å²) in [5.41, 5.74) is 14.4. The topological polar surface area (TPSA) is 16.4 Å². The SMILES string of the molecule is c1ccc(-c2ccc(N(c3ccc(-c4ccccc4-c4cccc(-c5cccc6ccccc56)c4)cc3)c3cccc4c3oc3ccccc34)cc2)cc1. The lowest BCUT2D eigenvalue weighted by molar-refractivity contribution is 0.669. The first-order valence-electron chi connectivity index (χ1n) is 18.4. The summed E-state index contributed by atoms with van der Waals surface area (Å²) in [6.07, 6.45) is 0. The number of hydrogen-bond acceptors (Lipinski definition) is 2. The fraction of sp³-hybridized carbons (Fsp3) is 0. The zero-order valence-corrected chi connectivity index (χ0v) is 29.6. The lowest BCUT2D eigenvalue weighted by atomic mass is 9.91. The molecule has 0 amide bonds. The van der Waals surface area contributed by atoms with Gasteiger partial charge in [0, 0.05) is 22.1 Å². The van der Waals surface area contributed by atoms with Crippen molar-refractivity contribution < 1.29 is 4.42 Å². The summed E-state index contributed by atoms with van der Waals surface area (Å²) < 4.78 is 6.58. The summed E-state index contributed by atoms with van der Waals surface area (Å²) in [7, 11) is 0. The van der Waals surface area contributed by atoms with Crippen molar-refractivity contribution in [2.75, 3.05) is 4.90 Å². The minimum Gasteiger partial charge on any atom is -0.454 e. The lowest BCUT2D eigenvalue weighted by Gasteiger charge is -2.26. The van der Waals surface area contributed by atoms with Crippen LogP contribution in [0.3, 0.4) is 0 Å². The summed E-state index contributed by atoms with van der Waals surface area (Å²) in [4.78, 5) is 2.31. The van der Waals surface area contributed by atoms with Gasteiger partial charge in [0.25, 0.3) is 0 Å². The second-order valence-corrected chi connectivity index (χ2v) is 13.7. The average Bonchev–Trinajstić information content (AvgIpc) is 3.64. The monoisotopic (exact) mass is 689 g/mol. The molecular weight excluding hydrogens is 655 g/mol. The number of furan rings is 1. The molecule has 0 N–H and O–H groups in total. The van der Waals surface area contributed by atoms with E-state index in [1.807, 2.05) is 12.1 Å². The molecule has 0 radical (unpaired) electrons. The highest BCUT2D eigenvalue weighted by atomic mass is 16.3. The summed E-state index contributed by atoms with van der Waals surface area (Å²) in [5, 5.41) is 4.73. The smallest absolute Gasteiger partial charge is 0.159 e. The summed E-state index contributed by atoms with van der Waals surface area (Å²) in [6, 6.07) is 75.8. The zero-order valence-electron chi connectivity index (χ0n) is 29.6. The second-order valence-electron chi connectivity index (χ2n) is 13.7. The molecule has 0 aliphatic rings. The van der Waals surface area contributed by atoms with Gasteiger partial charge in [-0.3, -0.25) is 0 Å². The van der Waals surface area contributed by atoms with Gasteiger partial charge in [-0.05, 0) is 97.7 Å². The van der Waals surface area contributed by atoms with Crippen LogP contribution in [0.5, 0.6) is 0 Å². The molecule has 0 saturated carbocycles. The van der Waals surface area contributed by atoms with Crippen LogP contribution in [0.1, 0.15) is 0 Å². The lowest BCUT2D eigenvalue weighted by Crippen LogP contribution is -2.10. The van der Waals surface area contributed by atoms with Crippen LogP contribution in [0.4, 0.5) is 17.1 Å². The number of nitrogens with zero attached hydrogens (tertiary/aromatic N) is 1. The molecule has 10 rings (SSSR count). The maximum atomic E-state index is 6.58. The van der Waals surface area contributed by atoms with Gasteiger partial charge in [0.15, 0.2) is 5.58 Å². The molecule has 2 nitrogen and oxygen atoms in total. The van der Waals surface area contributed by atoms with Crippen molar-refractivity contribution in [2.24, 2.45) is 0 Å². The Morgan fingerprint density at radius 2 is 0.815 bits per heavy atom. The second kappa shape index (κ2) is 13.4. The van der Waals surface area contributed by atoms with Gasteiger partial charge in [-0.2, -0.15) is 0 Å². The fourth-order valence-corrected chi connectivity index (χ4v) is 7.88. The van der Waals surface area contributed by atoms with E-state index in [1.165, 1.54) is 49.7 Å². The summed E-state index contributed by atoms with van der Waals surface area (Å²) >= 11 is 0. The molecule has 0 unspecified atom stereocenters. The number of rotatable bonds is 7. The van der Waals surface area contributed by atoms with Crippen LogP contribution in [-0.4, -0.2) is 0 Å². The molecule has 1 aromatic heterocycles. The molecule has 54 heavy (non-hydrogen) atoms. The molecule has 254 valence electrons. The Morgan fingerprint density at radius 1 is 0.315 bits per heavy atom. The van der Waals surface area contributed by atoms with Gasteiger partial charge >= 0.3 is 0 Å². The molecule has 9 aromatic carbocycles. The average molecular weight is 690 g/mol. The van der Waals surface area contributed by atoms with E-state index in [1.54, 1.807) is 0 Å². The van der Waals surface area contributed by atoms with Crippen molar-refractivity contribution in [3.63, 3.8) is 0 Å². The molecule has 1 heterocycles. The van der Waals surface area contributed by atoms with Gasteiger partial charge in [0.05, 0.1) is 5.69 Å². The maximum Gasteiger partial charge on any atom is 0.159 e. The molecule has 0 fully saturated rings. The van der Waals surface area contributed by atoms with Crippen molar-refractivity contribution in [3.05, 3.63) is 212 Å². The minimum atomic E-state index is 0.867. The highest BCUT2D eigenvalue weighted by Gasteiger charge is 2.20. The molecule has 0 bridgehead atoms. The Kier molecular flexibility index (Phi) is 7.85. The predicted molar refractivity (Wildman–Crippen MR) is 228 cm³/mol. The first-order chi connectivity index (χ1) is 26.8. The molecular formula is C52H35NO. The molecule has 0 aliphatic heterocycles. The van der Waals surface area contributed by atoms with Crippen molar-refractivity contribution in [1.29, 1.82) is 0 Å². The van der Waals surface area contributed by atoms with Gasteiger partial charge in [0.1, 0.15) is 5.58 Å². The van der Waals surface area contributed by atoms with Crippen LogP contribution in [0.2, 0.25) is 0 Å². The van der Waals surface area contributed by atoms with Crippen LogP contribution in [0.25, 0.3) is 77.2 Å². The van der Waals surface area contributed by atoms with Crippen molar-refractivity contribution >= 4 is 49.8 Å². The first-order valence-corrected chi connectivity index (χ1v) is 18.4. The minimum absolute atomic E-state index is 0.867. The van der Waals surface area contributed by atoms with Crippen molar-refractivity contribution in [1.82, 2.24) is 0 Å². The zero-order chi connectivity index (χ0) is 35.8. The third-order valence-electron chi connectivity index (χ3n) is 10.5. The van der Waals surface area contributed by atoms with E-state index < -0.39 is 0 Å². The van der Waals surface area contributed by atoms with E-state index in [9.17, 15) is 0 Å². The number of para-hydroxylation sites is 2. The van der Waals surface area contributed by atoms with E-state index in [4.69, 9.17) is 4.42 Å². The first kappa shape index (κ1) is 31.6. The Labute approximate surface area is 314 Å². The Morgan fingerprint density at radius 3 is 1.59 bits per heavy atom. The van der Waals surface area contributed by atoms with Gasteiger partial charge in [-0.1, -0.05) is 170 Å². The van der Waals surface area contributed by atoms with E-state index >= 15 is 0 Å². The highest BCUT2D eigenvalue weighted by Crippen LogP contribution is 2.43. The normalized spacial score (nSPS) is 11.3. The number of benzene rings is 9. The molecule has 0 spiro atoms. The van der Waals surface area contributed by atoms with Crippen LogP contribution in [-0.2, 0) is 0 Å². The number of fused-ring (bicyclic) bond motifs is 4. The standard InChI is InChI=1S/C52H35NO/c1-2-13-36(14-3-1)37-27-31-42(32-28-37)53(50-25-12-24-49-48-22-8-9-26-51(48)54-52(49)50)43-33-29-39(30-34-43)45-20-6-7-21-46(45)40-17-10-18-41(35-40)47-23-11-16-38-15-4-5-19-44(38)47/h1-35H. The summed E-state index contributed by atoms with van der Waals surface area (Å²) in [6.45, 7) is 0. The Hall–Kier alpha value is -7.16. The van der Waals surface area contributed by atoms with Crippen molar-refractivity contribution in [2.45, 2.75) is 0 Å². The number of anilines is 3. The van der Waals surface area contributed by atoms with Gasteiger partial charge in [-0.15, -0.1) is 0 Å². The van der Waals surface area contributed by atoms with Crippen LogP contribution in [0, 0.1) is 0 Å². The van der Waals surface area contributed by atoms with Gasteiger partial charge < -0.3 is 9.32 Å². The molecule has 0 saturated heterocycles. The van der Waals surface area contributed by atoms with Crippen LogP contribution < -0.4 is 4.90 Å². The van der Waals surface area contributed by atoms with E-state index in [2.05, 4.69) is 205 Å². The van der Waals surface area contributed by atoms with Crippen molar-refractivity contribution in [3.8, 4) is 44.5 Å². The van der Waals surface area contributed by atoms with E-state index in [-0.39, 0.29) is 0 Å². The largest absolute Gasteiger partial charge is 0.454 e. The Bertz CT molecular complexity index is 2920.